The number of nitrogens with one attached hydrogen (secondary N) is 1. The predicted molar refractivity (Wildman–Crippen MR) is 151 cm³/mol. The molecule has 5 aromatic rings. The standard InChI is InChI=1S/C32H25N3O4/c1-39-32(38)24-16-18-26(19-17-24)35-28(22-10-4-2-5-11-22)20-25(30(35)23-12-6-3-7-13-23)21-33-34-31(37)27-14-8-9-15-29(27)36/h2-21,36H,1H3,(H,34,37)/b33-21+. The molecule has 39 heavy (non-hydrogen) atoms. The number of phenols is 1. The lowest BCUT2D eigenvalue weighted by molar-refractivity contribution is 0.0600. The molecule has 4 aromatic carbocycles. The van der Waals surface area contributed by atoms with Gasteiger partial charge in [-0.2, -0.15) is 5.10 Å². The Morgan fingerprint density at radius 3 is 2.08 bits per heavy atom. The maximum absolute atomic E-state index is 12.6. The van der Waals surface area contributed by atoms with E-state index in [-0.39, 0.29) is 11.3 Å². The maximum Gasteiger partial charge on any atom is 0.337 e. The van der Waals surface area contributed by atoms with Crippen LogP contribution in [-0.4, -0.2) is 34.9 Å². The molecule has 7 nitrogen and oxygen atoms in total. The number of esters is 1. The van der Waals surface area contributed by atoms with Crippen LogP contribution in [0.4, 0.5) is 0 Å². The number of hydrazone groups is 1. The second-order valence-electron chi connectivity index (χ2n) is 8.66. The van der Waals surface area contributed by atoms with Gasteiger partial charge in [0.05, 0.1) is 35.8 Å². The number of ether oxygens (including phenoxy) is 1. The lowest BCUT2D eigenvalue weighted by atomic mass is 10.1. The minimum atomic E-state index is -0.522. The van der Waals surface area contributed by atoms with Crippen LogP contribution in [0, 0.1) is 0 Å². The molecule has 192 valence electrons. The summed E-state index contributed by atoms with van der Waals surface area (Å²) in [6, 6.07) is 35.3. The quantitative estimate of drug-likeness (QED) is 0.156. The Bertz CT molecular complexity index is 1640. The Morgan fingerprint density at radius 1 is 0.821 bits per heavy atom. The van der Waals surface area contributed by atoms with E-state index in [0.29, 0.717) is 5.56 Å². The van der Waals surface area contributed by atoms with Crippen LogP contribution in [-0.2, 0) is 4.74 Å². The van der Waals surface area contributed by atoms with Crippen LogP contribution in [0.15, 0.2) is 120 Å². The van der Waals surface area contributed by atoms with Gasteiger partial charge in [0.25, 0.3) is 5.91 Å². The van der Waals surface area contributed by atoms with Crippen molar-refractivity contribution in [3.05, 3.63) is 132 Å². The van der Waals surface area contributed by atoms with Gasteiger partial charge in [-0.25, -0.2) is 10.2 Å². The summed E-state index contributed by atoms with van der Waals surface area (Å²) in [7, 11) is 1.35. The highest BCUT2D eigenvalue weighted by atomic mass is 16.5. The molecular formula is C32H25N3O4. The summed E-state index contributed by atoms with van der Waals surface area (Å²) in [5.41, 5.74) is 8.34. The summed E-state index contributed by atoms with van der Waals surface area (Å²) in [6.07, 6.45) is 1.59. The largest absolute Gasteiger partial charge is 0.507 e. The predicted octanol–water partition coefficient (Wildman–Crippen LogP) is 6.07. The van der Waals surface area contributed by atoms with Crippen LogP contribution >= 0.6 is 0 Å². The van der Waals surface area contributed by atoms with E-state index < -0.39 is 11.9 Å². The van der Waals surface area contributed by atoms with Gasteiger partial charge in [-0.05, 0) is 53.6 Å². The van der Waals surface area contributed by atoms with E-state index in [4.69, 9.17) is 4.74 Å². The first-order valence-electron chi connectivity index (χ1n) is 12.2. The Hall–Kier alpha value is -5.43. The van der Waals surface area contributed by atoms with Crippen LogP contribution in [0.1, 0.15) is 26.3 Å². The number of amides is 1. The molecule has 1 aromatic heterocycles. The van der Waals surface area contributed by atoms with E-state index in [1.807, 2.05) is 78.9 Å². The monoisotopic (exact) mass is 515 g/mol. The zero-order valence-electron chi connectivity index (χ0n) is 21.1. The third-order valence-corrected chi connectivity index (χ3v) is 6.21. The molecule has 0 radical (unpaired) electrons. The van der Waals surface area contributed by atoms with Crippen LogP contribution in [0.2, 0.25) is 0 Å². The average Bonchev–Trinajstić information content (AvgIpc) is 3.37. The number of hydrogen-bond donors (Lipinski definition) is 2. The van der Waals surface area contributed by atoms with Gasteiger partial charge < -0.3 is 14.4 Å². The van der Waals surface area contributed by atoms with E-state index in [2.05, 4.69) is 15.1 Å². The number of rotatable bonds is 7. The van der Waals surface area contributed by atoms with Gasteiger partial charge in [-0.3, -0.25) is 4.79 Å². The van der Waals surface area contributed by atoms with Crippen molar-refractivity contribution < 1.29 is 19.4 Å². The Kier molecular flexibility index (Phi) is 7.32. The molecule has 7 heteroatoms. The highest BCUT2D eigenvalue weighted by Gasteiger charge is 2.19. The Labute approximate surface area is 225 Å². The summed E-state index contributed by atoms with van der Waals surface area (Å²) >= 11 is 0. The van der Waals surface area contributed by atoms with Crippen molar-refractivity contribution >= 4 is 18.1 Å². The first-order chi connectivity index (χ1) is 19.1. The highest BCUT2D eigenvalue weighted by molar-refractivity contribution is 5.98. The normalized spacial score (nSPS) is 10.9. The smallest absolute Gasteiger partial charge is 0.337 e. The molecule has 5 rings (SSSR count). The second-order valence-corrected chi connectivity index (χ2v) is 8.66. The number of aromatic nitrogens is 1. The van der Waals surface area contributed by atoms with Crippen molar-refractivity contribution in [2.24, 2.45) is 5.10 Å². The lowest BCUT2D eigenvalue weighted by Crippen LogP contribution is -2.17. The van der Waals surface area contributed by atoms with E-state index >= 15 is 0 Å². The molecule has 1 heterocycles. The summed E-state index contributed by atoms with van der Waals surface area (Å²) in [6.45, 7) is 0. The molecular weight excluding hydrogens is 490 g/mol. The minimum absolute atomic E-state index is 0.122. The van der Waals surface area contributed by atoms with Crippen LogP contribution < -0.4 is 5.43 Å². The molecule has 0 unspecified atom stereocenters. The van der Waals surface area contributed by atoms with Crippen molar-refractivity contribution in [2.75, 3.05) is 7.11 Å². The number of benzene rings is 4. The Balaban J connectivity index is 1.64. The van der Waals surface area contributed by atoms with Crippen LogP contribution in [0.5, 0.6) is 5.75 Å². The number of methoxy groups -OCH3 is 1. The zero-order valence-corrected chi connectivity index (χ0v) is 21.1. The van der Waals surface area contributed by atoms with E-state index in [9.17, 15) is 14.7 Å². The minimum Gasteiger partial charge on any atom is -0.507 e. The molecule has 1 amide bonds. The fourth-order valence-electron chi connectivity index (χ4n) is 4.36. The van der Waals surface area contributed by atoms with E-state index in [1.54, 1.807) is 30.5 Å². The number of aromatic hydroxyl groups is 1. The van der Waals surface area contributed by atoms with Crippen molar-refractivity contribution in [3.63, 3.8) is 0 Å². The Morgan fingerprint density at radius 2 is 1.44 bits per heavy atom. The van der Waals surface area contributed by atoms with Gasteiger partial charge in [0.1, 0.15) is 5.75 Å². The summed E-state index contributed by atoms with van der Waals surface area (Å²) in [4.78, 5) is 24.7. The first-order valence-corrected chi connectivity index (χ1v) is 12.2. The van der Waals surface area contributed by atoms with Gasteiger partial charge >= 0.3 is 5.97 Å². The molecule has 0 saturated carbocycles. The van der Waals surface area contributed by atoms with Crippen LogP contribution in [0.25, 0.3) is 28.2 Å². The molecule has 0 bridgehead atoms. The third kappa shape index (κ3) is 5.33. The highest BCUT2D eigenvalue weighted by Crippen LogP contribution is 2.35. The molecule has 0 saturated heterocycles. The SMILES string of the molecule is COC(=O)c1ccc(-n2c(-c3ccccc3)cc(/C=N/NC(=O)c3ccccc3O)c2-c2ccccc2)cc1. The van der Waals surface area contributed by atoms with E-state index in [1.165, 1.54) is 19.2 Å². The average molecular weight is 516 g/mol. The fraction of sp³-hybridized carbons (Fsp3) is 0.0312. The number of carbonyl (C=O) groups is 2. The van der Waals surface area contributed by atoms with Crippen LogP contribution in [0.3, 0.4) is 0 Å². The molecule has 0 aliphatic heterocycles. The molecule has 0 aliphatic rings. The number of carbonyl (C=O) groups excluding carboxylic acids is 2. The van der Waals surface area contributed by atoms with Gasteiger partial charge in [-0.1, -0.05) is 72.8 Å². The van der Waals surface area contributed by atoms with Crippen molar-refractivity contribution in [3.8, 4) is 34.0 Å². The lowest BCUT2D eigenvalue weighted by Gasteiger charge is -2.15. The summed E-state index contributed by atoms with van der Waals surface area (Å²) in [5.74, 6) is -1.05. The van der Waals surface area contributed by atoms with Crippen molar-refractivity contribution in [1.82, 2.24) is 9.99 Å². The molecule has 0 atom stereocenters. The summed E-state index contributed by atoms with van der Waals surface area (Å²) in [5, 5.41) is 14.2. The van der Waals surface area contributed by atoms with Gasteiger partial charge in [0.2, 0.25) is 0 Å². The topological polar surface area (TPSA) is 92.9 Å². The fourth-order valence-corrected chi connectivity index (χ4v) is 4.36. The van der Waals surface area contributed by atoms with Crippen molar-refractivity contribution in [1.29, 1.82) is 0 Å². The number of nitrogens with zero attached hydrogens (tertiary/aromatic N) is 2. The summed E-state index contributed by atoms with van der Waals surface area (Å²) < 4.78 is 6.96. The van der Waals surface area contributed by atoms with Gasteiger partial charge in [0, 0.05) is 11.3 Å². The van der Waals surface area contributed by atoms with Crippen molar-refractivity contribution in [2.45, 2.75) is 0 Å². The maximum atomic E-state index is 12.6. The zero-order chi connectivity index (χ0) is 27.2. The number of hydrogen-bond acceptors (Lipinski definition) is 5. The second kappa shape index (κ2) is 11.3. The molecule has 0 fully saturated rings. The molecule has 0 aliphatic carbocycles. The van der Waals surface area contributed by atoms with E-state index in [0.717, 1.165) is 33.8 Å². The van der Waals surface area contributed by atoms with Gasteiger partial charge in [0.15, 0.2) is 0 Å². The number of phenolic OH excluding ortho intramolecular Hbond substituents is 1. The first kappa shape index (κ1) is 25.2. The number of para-hydroxylation sites is 1. The molecule has 0 spiro atoms. The third-order valence-electron chi connectivity index (χ3n) is 6.21. The van der Waals surface area contributed by atoms with Gasteiger partial charge in [-0.15, -0.1) is 0 Å². The molecule has 2 N–H and O–H groups in total.